The van der Waals surface area contributed by atoms with Gasteiger partial charge in [-0.1, -0.05) is 6.07 Å². The molecule has 110 valence electrons. The third-order valence-corrected chi connectivity index (χ3v) is 3.27. The van der Waals surface area contributed by atoms with Gasteiger partial charge in [-0.05, 0) is 12.1 Å². The highest BCUT2D eigenvalue weighted by Gasteiger charge is 2.30. The van der Waals surface area contributed by atoms with E-state index < -0.39 is 5.97 Å². The molecular weight excluding hydrogens is 276 g/mol. The van der Waals surface area contributed by atoms with Gasteiger partial charge in [0.15, 0.2) is 0 Å². The lowest BCUT2D eigenvalue weighted by molar-refractivity contribution is 0.0120. The SMILES string of the molecule is O=C(O)c1c(O)cccc1OC1CN(Cc2ncn[nH]2)C1. The zero-order valence-electron chi connectivity index (χ0n) is 11.1. The summed E-state index contributed by atoms with van der Waals surface area (Å²) in [6.45, 7) is 1.97. The molecule has 2 aromatic rings. The van der Waals surface area contributed by atoms with Crippen molar-refractivity contribution in [3.8, 4) is 11.5 Å². The standard InChI is InChI=1S/C13H14N4O4/c18-9-2-1-3-10(12(9)13(19)20)21-8-4-17(5-8)6-11-14-7-15-16-11/h1-3,7-8,18H,4-6H2,(H,19,20)(H,14,15,16). The summed E-state index contributed by atoms with van der Waals surface area (Å²) in [5.41, 5.74) is -0.203. The minimum Gasteiger partial charge on any atom is -0.507 e. The Morgan fingerprint density at radius 2 is 2.29 bits per heavy atom. The van der Waals surface area contributed by atoms with Crippen LogP contribution >= 0.6 is 0 Å². The van der Waals surface area contributed by atoms with Gasteiger partial charge < -0.3 is 14.9 Å². The molecule has 8 heteroatoms. The van der Waals surface area contributed by atoms with Crippen molar-refractivity contribution in [2.24, 2.45) is 0 Å². The van der Waals surface area contributed by atoms with Crippen LogP contribution in [0.5, 0.6) is 11.5 Å². The Balaban J connectivity index is 1.60. The number of aromatic nitrogens is 3. The van der Waals surface area contributed by atoms with Crippen molar-refractivity contribution in [3.63, 3.8) is 0 Å². The number of nitrogens with one attached hydrogen (secondary N) is 1. The smallest absolute Gasteiger partial charge is 0.343 e. The Hall–Kier alpha value is -2.61. The van der Waals surface area contributed by atoms with E-state index in [0.29, 0.717) is 19.6 Å². The summed E-state index contributed by atoms with van der Waals surface area (Å²) < 4.78 is 5.64. The van der Waals surface area contributed by atoms with Gasteiger partial charge in [0.25, 0.3) is 0 Å². The van der Waals surface area contributed by atoms with Crippen LogP contribution in [0, 0.1) is 0 Å². The number of benzene rings is 1. The first-order chi connectivity index (χ1) is 10.1. The molecule has 2 heterocycles. The molecule has 3 rings (SSSR count). The molecule has 0 radical (unpaired) electrons. The number of hydrogen-bond donors (Lipinski definition) is 3. The third-order valence-electron chi connectivity index (χ3n) is 3.27. The molecule has 1 aromatic heterocycles. The van der Waals surface area contributed by atoms with Crippen molar-refractivity contribution in [2.45, 2.75) is 12.6 Å². The average Bonchev–Trinajstić information content (AvgIpc) is 2.88. The van der Waals surface area contributed by atoms with Gasteiger partial charge in [-0.25, -0.2) is 9.78 Å². The number of ether oxygens (including phenoxy) is 1. The quantitative estimate of drug-likeness (QED) is 0.734. The Kier molecular flexibility index (Phi) is 3.44. The molecule has 0 atom stereocenters. The highest BCUT2D eigenvalue weighted by atomic mass is 16.5. The van der Waals surface area contributed by atoms with Crippen LogP contribution < -0.4 is 4.74 Å². The summed E-state index contributed by atoms with van der Waals surface area (Å²) in [5, 5.41) is 25.3. The molecule has 0 unspecified atom stereocenters. The number of carbonyl (C=O) groups is 1. The number of aromatic hydroxyl groups is 1. The first-order valence-corrected chi connectivity index (χ1v) is 6.42. The number of carboxylic acids is 1. The summed E-state index contributed by atoms with van der Waals surface area (Å²) in [4.78, 5) is 17.3. The second-order valence-electron chi connectivity index (χ2n) is 4.82. The molecule has 1 aliphatic heterocycles. The fraction of sp³-hybridized carbons (Fsp3) is 0.308. The zero-order chi connectivity index (χ0) is 14.8. The van der Waals surface area contributed by atoms with Gasteiger partial charge in [-0.3, -0.25) is 10.00 Å². The summed E-state index contributed by atoms with van der Waals surface area (Å²) in [7, 11) is 0. The molecule has 0 spiro atoms. The van der Waals surface area contributed by atoms with Gasteiger partial charge in [0.05, 0.1) is 6.54 Å². The lowest BCUT2D eigenvalue weighted by Gasteiger charge is -2.38. The van der Waals surface area contributed by atoms with E-state index in [1.54, 1.807) is 12.1 Å². The zero-order valence-corrected chi connectivity index (χ0v) is 11.1. The molecule has 0 bridgehead atoms. The van der Waals surface area contributed by atoms with Crippen LogP contribution in [0.2, 0.25) is 0 Å². The Labute approximate surface area is 120 Å². The molecule has 8 nitrogen and oxygen atoms in total. The minimum atomic E-state index is -1.21. The van der Waals surface area contributed by atoms with Crippen LogP contribution in [-0.4, -0.2) is 55.5 Å². The summed E-state index contributed by atoms with van der Waals surface area (Å²) >= 11 is 0. The molecule has 0 aliphatic carbocycles. The molecule has 1 saturated heterocycles. The molecule has 21 heavy (non-hydrogen) atoms. The lowest BCUT2D eigenvalue weighted by atomic mass is 10.1. The highest BCUT2D eigenvalue weighted by Crippen LogP contribution is 2.29. The van der Waals surface area contributed by atoms with Crippen LogP contribution in [-0.2, 0) is 6.54 Å². The minimum absolute atomic E-state index is 0.104. The maximum Gasteiger partial charge on any atom is 0.343 e. The van der Waals surface area contributed by atoms with Crippen molar-refractivity contribution in [1.82, 2.24) is 20.1 Å². The number of carboxylic acid groups (broad SMARTS) is 1. The maximum absolute atomic E-state index is 11.1. The summed E-state index contributed by atoms with van der Waals surface area (Å²) in [6, 6.07) is 4.43. The fourth-order valence-corrected chi connectivity index (χ4v) is 2.26. The number of aromatic carboxylic acids is 1. The van der Waals surface area contributed by atoms with E-state index in [1.807, 2.05) is 0 Å². The number of aromatic amines is 1. The number of rotatable bonds is 5. The van der Waals surface area contributed by atoms with Crippen molar-refractivity contribution in [2.75, 3.05) is 13.1 Å². The fourth-order valence-electron chi connectivity index (χ4n) is 2.26. The average molecular weight is 290 g/mol. The first-order valence-electron chi connectivity index (χ1n) is 6.42. The lowest BCUT2D eigenvalue weighted by Crippen LogP contribution is -2.53. The first kappa shape index (κ1) is 13.4. The van der Waals surface area contributed by atoms with E-state index in [4.69, 9.17) is 9.84 Å². The molecule has 1 aliphatic rings. The number of phenols is 1. The van der Waals surface area contributed by atoms with Crippen LogP contribution in [0.1, 0.15) is 16.2 Å². The highest BCUT2D eigenvalue weighted by molar-refractivity contribution is 5.94. The van der Waals surface area contributed by atoms with Crippen LogP contribution in [0.15, 0.2) is 24.5 Å². The second-order valence-corrected chi connectivity index (χ2v) is 4.82. The topological polar surface area (TPSA) is 112 Å². The largest absolute Gasteiger partial charge is 0.507 e. The Bertz CT molecular complexity index is 638. The summed E-state index contributed by atoms with van der Waals surface area (Å²) in [6.07, 6.45) is 1.35. The molecule has 1 fully saturated rings. The maximum atomic E-state index is 11.1. The van der Waals surface area contributed by atoms with Gasteiger partial charge in [0.1, 0.15) is 35.3 Å². The van der Waals surface area contributed by atoms with Crippen molar-refractivity contribution >= 4 is 5.97 Å². The second kappa shape index (κ2) is 5.41. The van der Waals surface area contributed by atoms with Crippen molar-refractivity contribution < 1.29 is 19.7 Å². The van der Waals surface area contributed by atoms with Gasteiger partial charge in [0, 0.05) is 13.1 Å². The van der Waals surface area contributed by atoms with Crippen molar-refractivity contribution in [3.05, 3.63) is 35.9 Å². The van der Waals surface area contributed by atoms with Gasteiger partial charge in [0.2, 0.25) is 0 Å². The van der Waals surface area contributed by atoms with E-state index >= 15 is 0 Å². The molecular formula is C13H14N4O4. The van der Waals surface area contributed by atoms with Gasteiger partial charge in [-0.2, -0.15) is 5.10 Å². The van der Waals surface area contributed by atoms with Gasteiger partial charge >= 0.3 is 5.97 Å². The van der Waals surface area contributed by atoms with E-state index in [1.165, 1.54) is 12.4 Å². The van der Waals surface area contributed by atoms with Crippen molar-refractivity contribution in [1.29, 1.82) is 0 Å². The normalized spacial score (nSPS) is 15.6. The molecule has 0 amide bonds. The van der Waals surface area contributed by atoms with Crippen LogP contribution in [0.3, 0.4) is 0 Å². The Morgan fingerprint density at radius 3 is 2.95 bits per heavy atom. The Morgan fingerprint density at radius 1 is 1.48 bits per heavy atom. The van der Waals surface area contributed by atoms with Gasteiger partial charge in [-0.15, -0.1) is 0 Å². The predicted octanol–water partition coefficient (Wildman–Crippen LogP) is 0.472. The van der Waals surface area contributed by atoms with Crippen LogP contribution in [0.25, 0.3) is 0 Å². The summed E-state index contributed by atoms with van der Waals surface area (Å²) in [5.74, 6) is -0.539. The number of hydrogen-bond acceptors (Lipinski definition) is 6. The number of nitrogens with zero attached hydrogens (tertiary/aromatic N) is 3. The molecule has 0 saturated carbocycles. The van der Waals surface area contributed by atoms with E-state index in [9.17, 15) is 9.90 Å². The van der Waals surface area contributed by atoms with E-state index in [-0.39, 0.29) is 23.2 Å². The van der Waals surface area contributed by atoms with Crippen LogP contribution in [0.4, 0.5) is 0 Å². The molecule has 1 aromatic carbocycles. The predicted molar refractivity (Wildman–Crippen MR) is 71.1 cm³/mol. The monoisotopic (exact) mass is 290 g/mol. The number of likely N-dealkylation sites (tertiary alicyclic amines) is 1. The molecule has 3 N–H and O–H groups in total. The van der Waals surface area contributed by atoms with E-state index in [0.717, 1.165) is 5.82 Å². The number of H-pyrrole nitrogens is 1. The van der Waals surface area contributed by atoms with E-state index in [2.05, 4.69) is 20.1 Å². The third kappa shape index (κ3) is 2.79.